The van der Waals surface area contributed by atoms with E-state index < -0.39 is 0 Å². The largest absolute Gasteiger partial charge is 0.328 e. The summed E-state index contributed by atoms with van der Waals surface area (Å²) in [7, 11) is 0. The fourth-order valence-electron chi connectivity index (χ4n) is 10.7. The first kappa shape index (κ1) is 30.7. The molecule has 0 radical (unpaired) electrons. The van der Waals surface area contributed by atoms with E-state index in [-0.39, 0.29) is 10.8 Å². The van der Waals surface area contributed by atoms with Crippen LogP contribution in [-0.2, 0) is 0 Å². The number of nitrogens with zero attached hydrogens (tertiary/aromatic N) is 3. The molecule has 4 rings (SSSR count). The van der Waals surface area contributed by atoms with Crippen molar-refractivity contribution in [1.82, 2.24) is 14.7 Å². The van der Waals surface area contributed by atoms with Gasteiger partial charge in [-0.05, 0) is 90.8 Å². The molecular weight excluding hydrogens is 468 g/mol. The van der Waals surface area contributed by atoms with Crippen molar-refractivity contribution in [3.05, 3.63) is 0 Å². The lowest BCUT2D eigenvalue weighted by Crippen LogP contribution is -2.61. The molecule has 6 N–H and O–H groups in total. The second-order valence-electron chi connectivity index (χ2n) is 18.0. The summed E-state index contributed by atoms with van der Waals surface area (Å²) >= 11 is 0. The molecule has 1 saturated heterocycles. The normalized spacial score (nSPS) is 42.7. The molecular formula is C32H64N6. The third kappa shape index (κ3) is 8.39. The van der Waals surface area contributed by atoms with E-state index in [2.05, 4.69) is 70.1 Å². The maximum Gasteiger partial charge on any atom is 0.0530 e. The van der Waals surface area contributed by atoms with Crippen molar-refractivity contribution in [3.63, 3.8) is 0 Å². The maximum absolute atomic E-state index is 6.62. The van der Waals surface area contributed by atoms with E-state index in [0.717, 1.165) is 71.7 Å². The Bertz CT molecular complexity index is 762. The van der Waals surface area contributed by atoms with Gasteiger partial charge in [0, 0.05) is 37.8 Å². The minimum atomic E-state index is 0.268. The topological polar surface area (TPSA) is 87.8 Å². The molecule has 3 saturated carbocycles. The summed E-state index contributed by atoms with van der Waals surface area (Å²) in [6, 6.07) is 0.976. The van der Waals surface area contributed by atoms with Gasteiger partial charge in [-0.15, -0.1) is 0 Å². The van der Waals surface area contributed by atoms with Crippen molar-refractivity contribution in [3.8, 4) is 0 Å². The smallest absolute Gasteiger partial charge is 0.0530 e. The standard InChI is InChI=1S/C32H64N6/c1-28(2)10-24(9-25(33)11-28)16-36-21-37(19-31(7)14-26(34)12-29(3,4)17-31)23-38(22-36)20-32(8)15-27(35)13-30(5,6)18-32/h24-27H,9-23,33-35H2,1-8H3. The van der Waals surface area contributed by atoms with E-state index in [1.807, 2.05) is 0 Å². The number of nitrogens with two attached hydrogens (primary N) is 3. The summed E-state index contributed by atoms with van der Waals surface area (Å²) in [6.07, 6.45) is 10.7. The second kappa shape index (κ2) is 10.9. The van der Waals surface area contributed by atoms with Crippen LogP contribution >= 0.6 is 0 Å². The van der Waals surface area contributed by atoms with E-state index in [0.29, 0.717) is 40.3 Å². The Morgan fingerprint density at radius 2 is 0.947 bits per heavy atom. The highest BCUT2D eigenvalue weighted by molar-refractivity contribution is 4.97. The van der Waals surface area contributed by atoms with Gasteiger partial charge in [0.2, 0.25) is 0 Å². The zero-order chi connectivity index (χ0) is 28.1. The van der Waals surface area contributed by atoms with Crippen LogP contribution in [0.2, 0.25) is 0 Å². The van der Waals surface area contributed by atoms with E-state index in [4.69, 9.17) is 17.2 Å². The molecule has 4 aliphatic rings. The van der Waals surface area contributed by atoms with Gasteiger partial charge in [0.25, 0.3) is 0 Å². The quantitative estimate of drug-likeness (QED) is 0.445. The predicted octanol–water partition coefficient (Wildman–Crippen LogP) is 5.02. The van der Waals surface area contributed by atoms with Crippen molar-refractivity contribution < 1.29 is 0 Å². The molecule has 6 atom stereocenters. The Kier molecular flexibility index (Phi) is 8.79. The first-order chi connectivity index (χ1) is 17.3. The van der Waals surface area contributed by atoms with Gasteiger partial charge < -0.3 is 17.2 Å². The summed E-state index contributed by atoms with van der Waals surface area (Å²) in [5.41, 5.74) is 21.3. The summed E-state index contributed by atoms with van der Waals surface area (Å²) < 4.78 is 0. The average molecular weight is 533 g/mol. The van der Waals surface area contributed by atoms with Crippen molar-refractivity contribution in [2.24, 2.45) is 50.2 Å². The Hall–Kier alpha value is -0.240. The highest BCUT2D eigenvalue weighted by Gasteiger charge is 2.44. The lowest BCUT2D eigenvalue weighted by atomic mass is 9.62. The summed E-state index contributed by atoms with van der Waals surface area (Å²) in [5.74, 6) is 0.686. The van der Waals surface area contributed by atoms with Crippen molar-refractivity contribution >= 4 is 0 Å². The molecule has 0 spiro atoms. The second-order valence-corrected chi connectivity index (χ2v) is 18.0. The zero-order valence-electron chi connectivity index (χ0n) is 26.5. The van der Waals surface area contributed by atoms with Crippen LogP contribution in [-0.4, -0.2) is 72.5 Å². The third-order valence-corrected chi connectivity index (χ3v) is 10.2. The number of hydrogen-bond donors (Lipinski definition) is 3. The minimum absolute atomic E-state index is 0.268. The number of hydrogen-bond acceptors (Lipinski definition) is 6. The SMILES string of the molecule is CC1(C)CC(N)CC(CN2CN(CC3(C)CC(N)CC(C)(C)C3)CN(CC3(C)CC(N)CC(C)(C)C3)C2)C1. The monoisotopic (exact) mass is 533 g/mol. The lowest BCUT2D eigenvalue weighted by molar-refractivity contribution is -0.0856. The van der Waals surface area contributed by atoms with E-state index in [9.17, 15) is 0 Å². The molecule has 4 fully saturated rings. The van der Waals surface area contributed by atoms with Crippen LogP contribution in [0.4, 0.5) is 0 Å². The molecule has 0 aromatic carbocycles. The van der Waals surface area contributed by atoms with Crippen LogP contribution in [0.1, 0.15) is 113 Å². The maximum atomic E-state index is 6.62. The predicted molar refractivity (Wildman–Crippen MR) is 161 cm³/mol. The Labute approximate surface area is 235 Å². The molecule has 6 nitrogen and oxygen atoms in total. The third-order valence-electron chi connectivity index (χ3n) is 10.2. The van der Waals surface area contributed by atoms with E-state index in [1.165, 1.54) is 25.7 Å². The van der Waals surface area contributed by atoms with Crippen LogP contribution in [0, 0.1) is 33.0 Å². The highest BCUT2D eigenvalue weighted by atomic mass is 15.5. The van der Waals surface area contributed by atoms with Crippen LogP contribution in [0.15, 0.2) is 0 Å². The van der Waals surface area contributed by atoms with Crippen LogP contribution in [0.3, 0.4) is 0 Å². The van der Waals surface area contributed by atoms with Gasteiger partial charge in [-0.2, -0.15) is 0 Å². The van der Waals surface area contributed by atoms with Crippen molar-refractivity contribution in [2.75, 3.05) is 39.6 Å². The highest BCUT2D eigenvalue weighted by Crippen LogP contribution is 2.48. The van der Waals surface area contributed by atoms with Gasteiger partial charge in [0.15, 0.2) is 0 Å². The molecule has 1 aliphatic heterocycles. The minimum Gasteiger partial charge on any atom is -0.328 e. The molecule has 0 aromatic rings. The van der Waals surface area contributed by atoms with Crippen LogP contribution in [0.25, 0.3) is 0 Å². The van der Waals surface area contributed by atoms with Crippen LogP contribution in [0.5, 0.6) is 0 Å². The number of rotatable bonds is 6. The molecule has 3 aliphatic carbocycles. The van der Waals surface area contributed by atoms with Gasteiger partial charge in [0.1, 0.15) is 0 Å². The summed E-state index contributed by atoms with van der Waals surface area (Å²) in [4.78, 5) is 8.25. The summed E-state index contributed by atoms with van der Waals surface area (Å²) in [5, 5.41) is 0. The van der Waals surface area contributed by atoms with E-state index >= 15 is 0 Å². The van der Waals surface area contributed by atoms with Crippen molar-refractivity contribution in [2.45, 2.75) is 131 Å². The lowest BCUT2D eigenvalue weighted by Gasteiger charge is -2.53. The molecule has 6 heteroatoms. The fourth-order valence-corrected chi connectivity index (χ4v) is 10.7. The van der Waals surface area contributed by atoms with Gasteiger partial charge in [0.05, 0.1) is 20.0 Å². The van der Waals surface area contributed by atoms with Crippen LogP contribution < -0.4 is 17.2 Å². The van der Waals surface area contributed by atoms with Gasteiger partial charge in [-0.25, -0.2) is 0 Å². The molecule has 0 bridgehead atoms. The first-order valence-electron chi connectivity index (χ1n) is 15.8. The summed E-state index contributed by atoms with van der Waals surface area (Å²) in [6.45, 7) is 26.1. The molecule has 38 heavy (non-hydrogen) atoms. The van der Waals surface area contributed by atoms with Gasteiger partial charge >= 0.3 is 0 Å². The first-order valence-corrected chi connectivity index (χ1v) is 15.8. The molecule has 1 heterocycles. The zero-order valence-corrected chi connectivity index (χ0v) is 26.5. The molecule has 0 amide bonds. The molecule has 6 unspecified atom stereocenters. The Morgan fingerprint density at radius 1 is 0.526 bits per heavy atom. The Balaban J connectivity index is 1.50. The van der Waals surface area contributed by atoms with Gasteiger partial charge in [-0.3, -0.25) is 14.7 Å². The van der Waals surface area contributed by atoms with Gasteiger partial charge in [-0.1, -0.05) is 55.4 Å². The Morgan fingerprint density at radius 3 is 1.37 bits per heavy atom. The molecule has 222 valence electrons. The fraction of sp³-hybridized carbons (Fsp3) is 1.00. The molecule has 0 aromatic heterocycles. The van der Waals surface area contributed by atoms with Crippen molar-refractivity contribution in [1.29, 1.82) is 0 Å². The average Bonchev–Trinajstić information content (AvgIpc) is 2.60. The van der Waals surface area contributed by atoms with E-state index in [1.54, 1.807) is 0 Å².